The lowest BCUT2D eigenvalue weighted by Gasteiger charge is -2.53. The predicted molar refractivity (Wildman–Crippen MR) is 113 cm³/mol. The highest BCUT2D eigenvalue weighted by molar-refractivity contribution is 5.88. The molecule has 3 aliphatic rings. The van der Waals surface area contributed by atoms with Crippen molar-refractivity contribution in [3.63, 3.8) is 0 Å². The van der Waals surface area contributed by atoms with E-state index in [4.69, 9.17) is 4.74 Å². The highest BCUT2D eigenvalue weighted by Crippen LogP contribution is 2.70. The fourth-order valence-corrected chi connectivity index (χ4v) is 6.39. The van der Waals surface area contributed by atoms with Gasteiger partial charge in [-0.1, -0.05) is 39.8 Å². The van der Waals surface area contributed by atoms with Crippen LogP contribution in [-0.4, -0.2) is 24.5 Å². The van der Waals surface area contributed by atoms with Crippen LogP contribution < -0.4 is 10.6 Å². The molecule has 2 N–H and O–H groups in total. The van der Waals surface area contributed by atoms with Crippen molar-refractivity contribution in [3.05, 3.63) is 29.8 Å². The largest absolute Gasteiger partial charge is 0.373 e. The number of carbonyl (C=O) groups is 2. The Morgan fingerprint density at radius 3 is 2.48 bits per heavy atom. The lowest BCUT2D eigenvalue weighted by molar-refractivity contribution is -0.139. The molecule has 0 radical (unpaired) electrons. The van der Waals surface area contributed by atoms with Gasteiger partial charge in [-0.3, -0.25) is 9.59 Å². The number of anilines is 1. The van der Waals surface area contributed by atoms with E-state index in [1.54, 1.807) is 0 Å². The molecule has 2 bridgehead atoms. The quantitative estimate of drug-likeness (QED) is 0.795. The first kappa shape index (κ1) is 20.4. The first-order valence-electron chi connectivity index (χ1n) is 10.9. The molecule has 158 valence electrons. The molecule has 5 heteroatoms. The second-order valence-electron chi connectivity index (χ2n) is 10.2. The number of nitrogens with one attached hydrogen (secondary N) is 2. The van der Waals surface area contributed by atoms with Crippen molar-refractivity contribution in [1.29, 1.82) is 0 Å². The number of amides is 2. The number of benzene rings is 1. The van der Waals surface area contributed by atoms with Crippen molar-refractivity contribution < 1.29 is 14.3 Å². The summed E-state index contributed by atoms with van der Waals surface area (Å²) in [7, 11) is 0. The van der Waals surface area contributed by atoms with Gasteiger partial charge in [0.15, 0.2) is 0 Å². The Morgan fingerprint density at radius 2 is 1.86 bits per heavy atom. The third-order valence-corrected chi connectivity index (χ3v) is 7.88. The Labute approximate surface area is 174 Å². The molecule has 5 atom stereocenters. The van der Waals surface area contributed by atoms with Crippen LogP contribution in [0.15, 0.2) is 24.3 Å². The Balaban J connectivity index is 1.62. The second kappa shape index (κ2) is 7.12. The van der Waals surface area contributed by atoms with Crippen LogP contribution in [-0.2, 0) is 14.3 Å². The highest BCUT2D eigenvalue weighted by atomic mass is 16.5. The van der Waals surface area contributed by atoms with Crippen LogP contribution in [0.3, 0.4) is 0 Å². The second-order valence-corrected chi connectivity index (χ2v) is 10.2. The normalized spacial score (nSPS) is 34.7. The molecule has 5 nitrogen and oxygen atoms in total. The van der Waals surface area contributed by atoms with Crippen molar-refractivity contribution in [2.45, 2.75) is 66.0 Å². The SMILES string of the molecule is CC(=O)Nc1ccc([C@H]2OCCC34C[C@@H](C[C@H]23)C(C)(C)[C@@H]4NC(=O)C(C)C)cc1. The van der Waals surface area contributed by atoms with Gasteiger partial charge in [0, 0.05) is 31.2 Å². The number of hydrogen-bond donors (Lipinski definition) is 2. The standard InChI is InChI=1S/C24H34N2O3/c1-14(2)21(28)26-22-23(4,5)17-12-19-20(29-11-10-24(19,22)13-17)16-6-8-18(9-7-16)25-15(3)27/h6-9,14,17,19-20,22H,10-13H2,1-5H3,(H,25,27)(H,26,28)/t17-,19-,20-,22+,24?/m1/s1. The fraction of sp³-hybridized carbons (Fsp3) is 0.667. The van der Waals surface area contributed by atoms with Crippen LogP contribution in [0.4, 0.5) is 5.69 Å². The zero-order chi connectivity index (χ0) is 21.0. The van der Waals surface area contributed by atoms with Crippen LogP contribution in [0.5, 0.6) is 0 Å². The Hall–Kier alpha value is -1.88. The van der Waals surface area contributed by atoms with E-state index in [0.29, 0.717) is 11.8 Å². The third-order valence-electron chi connectivity index (χ3n) is 7.88. The van der Waals surface area contributed by atoms with Crippen LogP contribution in [0.2, 0.25) is 0 Å². The number of ether oxygens (including phenoxy) is 1. The lowest BCUT2D eigenvalue weighted by atomic mass is 9.58. The molecule has 29 heavy (non-hydrogen) atoms. The number of hydrogen-bond acceptors (Lipinski definition) is 3. The molecule has 2 saturated carbocycles. The summed E-state index contributed by atoms with van der Waals surface area (Å²) in [4.78, 5) is 23.9. The maximum absolute atomic E-state index is 12.6. The molecule has 1 aromatic rings. The number of rotatable bonds is 4. The Bertz CT molecular complexity index is 801. The molecule has 1 heterocycles. The van der Waals surface area contributed by atoms with Crippen molar-refractivity contribution in [2.24, 2.45) is 28.6 Å². The van der Waals surface area contributed by atoms with Crippen molar-refractivity contribution in [2.75, 3.05) is 11.9 Å². The Kier molecular flexibility index (Phi) is 5.01. The summed E-state index contributed by atoms with van der Waals surface area (Å²) in [5.41, 5.74) is 2.20. The van der Waals surface area contributed by atoms with Gasteiger partial charge in [-0.2, -0.15) is 0 Å². The number of carbonyl (C=O) groups excluding carboxylic acids is 2. The van der Waals surface area contributed by atoms with E-state index in [2.05, 4.69) is 36.6 Å². The van der Waals surface area contributed by atoms with Crippen molar-refractivity contribution in [1.82, 2.24) is 5.32 Å². The van der Waals surface area contributed by atoms with E-state index in [1.165, 1.54) is 18.9 Å². The van der Waals surface area contributed by atoms with Gasteiger partial charge in [0.25, 0.3) is 0 Å². The molecule has 2 amide bonds. The van der Waals surface area contributed by atoms with E-state index in [-0.39, 0.29) is 40.7 Å². The van der Waals surface area contributed by atoms with Gasteiger partial charge >= 0.3 is 0 Å². The average molecular weight is 399 g/mol. The zero-order valence-electron chi connectivity index (χ0n) is 18.2. The monoisotopic (exact) mass is 398 g/mol. The Morgan fingerprint density at radius 1 is 1.17 bits per heavy atom. The van der Waals surface area contributed by atoms with Crippen molar-refractivity contribution in [3.8, 4) is 0 Å². The summed E-state index contributed by atoms with van der Waals surface area (Å²) < 4.78 is 6.32. The van der Waals surface area contributed by atoms with Crippen molar-refractivity contribution >= 4 is 17.5 Å². The van der Waals surface area contributed by atoms with E-state index < -0.39 is 0 Å². The minimum Gasteiger partial charge on any atom is -0.373 e. The molecular formula is C24H34N2O3. The maximum Gasteiger partial charge on any atom is 0.222 e. The van der Waals surface area contributed by atoms with Gasteiger partial charge in [-0.25, -0.2) is 0 Å². The molecule has 4 rings (SSSR count). The van der Waals surface area contributed by atoms with Gasteiger partial charge in [0.05, 0.1) is 6.10 Å². The van der Waals surface area contributed by atoms with Gasteiger partial charge in [0.1, 0.15) is 0 Å². The molecule has 1 aliphatic heterocycles. The van der Waals surface area contributed by atoms with E-state index in [9.17, 15) is 9.59 Å². The molecule has 2 aliphatic carbocycles. The minimum absolute atomic E-state index is 0.00302. The van der Waals surface area contributed by atoms with Crippen LogP contribution in [0, 0.1) is 28.6 Å². The lowest BCUT2D eigenvalue weighted by Crippen LogP contribution is -2.59. The summed E-state index contributed by atoms with van der Waals surface area (Å²) in [6.45, 7) is 10.8. The van der Waals surface area contributed by atoms with E-state index in [1.807, 2.05) is 26.0 Å². The molecule has 1 unspecified atom stereocenters. The van der Waals surface area contributed by atoms with Crippen LogP contribution in [0.1, 0.15) is 65.5 Å². The van der Waals surface area contributed by atoms with Crippen LogP contribution >= 0.6 is 0 Å². The molecule has 1 saturated heterocycles. The summed E-state index contributed by atoms with van der Waals surface area (Å²) in [5.74, 6) is 1.11. The van der Waals surface area contributed by atoms with Gasteiger partial charge in [-0.05, 0) is 59.6 Å². The topological polar surface area (TPSA) is 67.4 Å². The highest BCUT2D eigenvalue weighted by Gasteiger charge is 2.68. The fourth-order valence-electron chi connectivity index (χ4n) is 6.39. The van der Waals surface area contributed by atoms with E-state index in [0.717, 1.165) is 25.1 Å². The predicted octanol–water partition coefficient (Wildman–Crippen LogP) is 4.30. The zero-order valence-corrected chi connectivity index (χ0v) is 18.2. The average Bonchev–Trinajstić information content (AvgIpc) is 3.14. The summed E-state index contributed by atoms with van der Waals surface area (Å²) >= 11 is 0. The first-order valence-corrected chi connectivity index (χ1v) is 10.9. The van der Waals surface area contributed by atoms with E-state index >= 15 is 0 Å². The number of fused-ring (bicyclic) bond motifs is 1. The third kappa shape index (κ3) is 3.27. The summed E-state index contributed by atoms with van der Waals surface area (Å²) in [5, 5.41) is 6.28. The minimum atomic E-state index is -0.0651. The maximum atomic E-state index is 12.6. The molecule has 1 aromatic carbocycles. The molecule has 3 fully saturated rings. The molecule has 0 aromatic heterocycles. The van der Waals surface area contributed by atoms with Gasteiger partial charge in [0.2, 0.25) is 11.8 Å². The first-order chi connectivity index (χ1) is 13.6. The van der Waals surface area contributed by atoms with Gasteiger partial charge < -0.3 is 15.4 Å². The smallest absolute Gasteiger partial charge is 0.222 e. The summed E-state index contributed by atoms with van der Waals surface area (Å²) in [6.07, 6.45) is 3.40. The van der Waals surface area contributed by atoms with Crippen LogP contribution in [0.25, 0.3) is 0 Å². The summed E-state index contributed by atoms with van der Waals surface area (Å²) in [6, 6.07) is 8.26. The molecule has 1 spiro atoms. The molecular weight excluding hydrogens is 364 g/mol. The van der Waals surface area contributed by atoms with Gasteiger partial charge in [-0.15, -0.1) is 0 Å².